The van der Waals surface area contributed by atoms with E-state index in [0.717, 1.165) is 0 Å². The summed E-state index contributed by atoms with van der Waals surface area (Å²) in [4.78, 5) is 0. The molecule has 1 aliphatic carbocycles. The zero-order valence-corrected chi connectivity index (χ0v) is 24.4. The average Bonchev–Trinajstić information content (AvgIpc) is 3.21. The second-order valence-corrected chi connectivity index (χ2v) is 11.8. The first kappa shape index (κ1) is 30.0. The average molecular weight is 500 g/mol. The molecule has 0 heterocycles. The van der Waals surface area contributed by atoms with Crippen molar-refractivity contribution < 1.29 is 0 Å². The van der Waals surface area contributed by atoms with Crippen molar-refractivity contribution >= 4 is 0 Å². The van der Waals surface area contributed by atoms with E-state index in [1.807, 2.05) is 0 Å². The van der Waals surface area contributed by atoms with E-state index in [1.54, 1.807) is 0 Å². The van der Waals surface area contributed by atoms with Crippen LogP contribution in [0.4, 0.5) is 0 Å². The summed E-state index contributed by atoms with van der Waals surface area (Å²) in [6.45, 7) is 4.61. The van der Waals surface area contributed by atoms with Gasteiger partial charge in [0.05, 0.1) is 0 Å². The molecule has 0 fully saturated rings. The Bertz CT molecular complexity index is 775. The standard InChI is InChI=1S/C37H55/c1-3-5-7-9-11-13-15-17-19-25-31-37(32-26-20-18-16-14-12-10-8-6-4-2)35-29-23-21-27-33(35)34-28-22-24-30-36(34)37/h21-22,27-29H,3-20,25-26,31-32H2,1-2H3. The van der Waals surface area contributed by atoms with Gasteiger partial charge in [-0.05, 0) is 59.4 Å². The molecule has 0 N–H and O–H groups in total. The Morgan fingerprint density at radius 3 is 1.51 bits per heavy atom. The van der Waals surface area contributed by atoms with Gasteiger partial charge in [0.15, 0.2) is 0 Å². The van der Waals surface area contributed by atoms with Crippen LogP contribution in [0.1, 0.15) is 166 Å². The predicted molar refractivity (Wildman–Crippen MR) is 162 cm³/mol. The van der Waals surface area contributed by atoms with Gasteiger partial charge in [0.2, 0.25) is 0 Å². The Morgan fingerprint density at radius 2 is 1.00 bits per heavy atom. The largest absolute Gasteiger partial charge is 0.0654 e. The van der Waals surface area contributed by atoms with Gasteiger partial charge in [0.25, 0.3) is 0 Å². The molecule has 0 saturated heterocycles. The van der Waals surface area contributed by atoms with Crippen LogP contribution >= 0.6 is 0 Å². The minimum absolute atomic E-state index is 0.125. The molecular formula is C37H55. The maximum atomic E-state index is 3.62. The monoisotopic (exact) mass is 499 g/mol. The van der Waals surface area contributed by atoms with Crippen molar-refractivity contribution in [3.8, 4) is 11.1 Å². The lowest BCUT2D eigenvalue weighted by Gasteiger charge is -2.32. The molecule has 0 heteroatoms. The van der Waals surface area contributed by atoms with E-state index < -0.39 is 0 Å². The second kappa shape index (κ2) is 17.9. The third-order valence-corrected chi connectivity index (χ3v) is 8.86. The van der Waals surface area contributed by atoms with Crippen LogP contribution in [0.5, 0.6) is 0 Å². The van der Waals surface area contributed by atoms with Crippen molar-refractivity contribution in [1.29, 1.82) is 0 Å². The molecule has 0 aliphatic heterocycles. The molecular weight excluding hydrogens is 444 g/mol. The fourth-order valence-electron chi connectivity index (χ4n) is 6.66. The molecule has 0 nitrogen and oxygen atoms in total. The Morgan fingerprint density at radius 1 is 0.541 bits per heavy atom. The molecule has 2 aromatic carbocycles. The minimum Gasteiger partial charge on any atom is -0.0654 e. The SMILES string of the molecule is CCCCCCCCCCCCC1(CCCCCCCCCCCC)c2[c][c]ccc2-c2cc[c]cc21. The van der Waals surface area contributed by atoms with Crippen LogP contribution in [-0.4, -0.2) is 0 Å². The predicted octanol–water partition coefficient (Wildman–Crippen LogP) is 12.0. The summed E-state index contributed by atoms with van der Waals surface area (Å²) in [7, 11) is 0. The topological polar surface area (TPSA) is 0 Å². The zero-order valence-electron chi connectivity index (χ0n) is 24.4. The fraction of sp³-hybridized carbons (Fsp3) is 0.676. The van der Waals surface area contributed by atoms with Gasteiger partial charge in [0.1, 0.15) is 0 Å². The van der Waals surface area contributed by atoms with E-state index in [2.05, 4.69) is 62.4 Å². The quantitative estimate of drug-likeness (QED) is 0.141. The number of hydrogen-bond donors (Lipinski definition) is 0. The van der Waals surface area contributed by atoms with Crippen molar-refractivity contribution in [2.75, 3.05) is 0 Å². The lowest BCUT2D eigenvalue weighted by atomic mass is 9.70. The highest BCUT2D eigenvalue weighted by Gasteiger charge is 2.41. The third kappa shape index (κ3) is 9.30. The Balaban J connectivity index is 1.50. The van der Waals surface area contributed by atoms with Gasteiger partial charge in [-0.2, -0.15) is 0 Å². The lowest BCUT2D eigenvalue weighted by Crippen LogP contribution is -2.25. The van der Waals surface area contributed by atoms with E-state index in [4.69, 9.17) is 0 Å². The van der Waals surface area contributed by atoms with Crippen LogP contribution in [0.15, 0.2) is 30.3 Å². The first-order chi connectivity index (χ1) is 18.3. The van der Waals surface area contributed by atoms with Crippen molar-refractivity contribution in [3.05, 3.63) is 59.7 Å². The fourth-order valence-corrected chi connectivity index (χ4v) is 6.66. The number of benzene rings is 2. The van der Waals surface area contributed by atoms with Crippen LogP contribution in [-0.2, 0) is 5.41 Å². The number of unbranched alkanes of at least 4 members (excludes halogenated alkanes) is 18. The molecule has 1 aliphatic rings. The maximum absolute atomic E-state index is 3.62. The molecule has 2 aromatic rings. The first-order valence-corrected chi connectivity index (χ1v) is 16.3. The van der Waals surface area contributed by atoms with Crippen molar-refractivity contribution in [2.45, 2.75) is 161 Å². The van der Waals surface area contributed by atoms with Crippen molar-refractivity contribution in [3.63, 3.8) is 0 Å². The Hall–Kier alpha value is -1.56. The molecule has 0 amide bonds. The summed E-state index contributed by atoms with van der Waals surface area (Å²) in [6, 6.07) is 21.4. The highest BCUT2D eigenvalue weighted by Crippen LogP contribution is 2.53. The van der Waals surface area contributed by atoms with Crippen LogP contribution in [0, 0.1) is 18.2 Å². The van der Waals surface area contributed by atoms with Gasteiger partial charge in [-0.3, -0.25) is 0 Å². The third-order valence-electron chi connectivity index (χ3n) is 8.86. The Kier molecular flexibility index (Phi) is 14.5. The molecule has 37 heavy (non-hydrogen) atoms. The van der Waals surface area contributed by atoms with Gasteiger partial charge in [-0.25, -0.2) is 0 Å². The van der Waals surface area contributed by atoms with Crippen LogP contribution < -0.4 is 0 Å². The molecule has 0 aromatic heterocycles. The van der Waals surface area contributed by atoms with E-state index in [0.29, 0.717) is 0 Å². The Labute approximate surface area is 231 Å². The number of fused-ring (bicyclic) bond motifs is 3. The smallest absolute Gasteiger partial charge is 0.0221 e. The van der Waals surface area contributed by atoms with Gasteiger partial charge in [-0.15, -0.1) is 0 Å². The van der Waals surface area contributed by atoms with Crippen LogP contribution in [0.25, 0.3) is 11.1 Å². The van der Waals surface area contributed by atoms with Crippen LogP contribution in [0.3, 0.4) is 0 Å². The lowest BCUT2D eigenvalue weighted by molar-refractivity contribution is 0.396. The summed E-state index contributed by atoms with van der Waals surface area (Å²) in [5.41, 5.74) is 5.91. The normalized spacial score (nSPS) is 13.6. The molecule has 203 valence electrons. The molecule has 0 saturated carbocycles. The molecule has 3 radical (unpaired) electrons. The molecule has 3 rings (SSSR count). The van der Waals surface area contributed by atoms with Gasteiger partial charge < -0.3 is 0 Å². The van der Waals surface area contributed by atoms with Gasteiger partial charge >= 0.3 is 0 Å². The summed E-state index contributed by atoms with van der Waals surface area (Å²) in [5, 5.41) is 0. The first-order valence-electron chi connectivity index (χ1n) is 16.3. The molecule has 0 atom stereocenters. The van der Waals surface area contributed by atoms with E-state index in [9.17, 15) is 0 Å². The maximum Gasteiger partial charge on any atom is 0.0221 e. The number of hydrogen-bond acceptors (Lipinski definition) is 0. The summed E-state index contributed by atoms with van der Waals surface area (Å²) < 4.78 is 0. The van der Waals surface area contributed by atoms with Crippen molar-refractivity contribution in [1.82, 2.24) is 0 Å². The van der Waals surface area contributed by atoms with Gasteiger partial charge in [0, 0.05) is 5.41 Å². The van der Waals surface area contributed by atoms with E-state index in [-0.39, 0.29) is 5.41 Å². The summed E-state index contributed by atoms with van der Waals surface area (Å²) in [5.74, 6) is 0. The van der Waals surface area contributed by atoms with E-state index >= 15 is 0 Å². The zero-order chi connectivity index (χ0) is 26.0. The molecule has 0 spiro atoms. The van der Waals surface area contributed by atoms with E-state index in [1.165, 1.54) is 164 Å². The summed E-state index contributed by atoms with van der Waals surface area (Å²) >= 11 is 0. The summed E-state index contributed by atoms with van der Waals surface area (Å²) in [6.07, 6.45) is 30.5. The highest BCUT2D eigenvalue weighted by molar-refractivity contribution is 5.80. The molecule has 0 bridgehead atoms. The minimum atomic E-state index is 0.125. The second-order valence-electron chi connectivity index (χ2n) is 11.8. The highest BCUT2D eigenvalue weighted by atomic mass is 14.4. The van der Waals surface area contributed by atoms with Gasteiger partial charge in [-0.1, -0.05) is 167 Å². The molecule has 0 unspecified atom stereocenters. The number of rotatable bonds is 22. The van der Waals surface area contributed by atoms with Crippen molar-refractivity contribution in [2.24, 2.45) is 0 Å². The van der Waals surface area contributed by atoms with Crippen LogP contribution in [0.2, 0.25) is 0 Å².